The Balaban J connectivity index is 1.77. The van der Waals surface area contributed by atoms with E-state index in [0.717, 1.165) is 38.0 Å². The summed E-state index contributed by atoms with van der Waals surface area (Å²) >= 11 is 0. The Hall–Kier alpha value is -1.88. The summed E-state index contributed by atoms with van der Waals surface area (Å²) in [5.41, 5.74) is 6.33. The minimum atomic E-state index is -0.00521. The number of carbonyl (C=O) groups excluding carboxylic acids is 2. The molecule has 1 amide bonds. The molecule has 0 radical (unpaired) electrons. The topological polar surface area (TPSA) is 72.6 Å². The number of carbonyl (C=O) groups is 2. The number of hydrogen-bond donors (Lipinski definition) is 1. The van der Waals surface area contributed by atoms with E-state index in [4.69, 9.17) is 10.5 Å². The highest BCUT2D eigenvalue weighted by atomic mass is 16.5. The maximum Gasteiger partial charge on any atom is 0.223 e. The summed E-state index contributed by atoms with van der Waals surface area (Å²) in [5, 5.41) is 0. The van der Waals surface area contributed by atoms with E-state index < -0.39 is 0 Å². The summed E-state index contributed by atoms with van der Waals surface area (Å²) < 4.78 is 5.65. The molecule has 1 unspecified atom stereocenters. The van der Waals surface area contributed by atoms with Crippen molar-refractivity contribution in [1.82, 2.24) is 4.90 Å². The Morgan fingerprint density at radius 3 is 2.64 bits per heavy atom. The number of amides is 1. The Bertz CT molecular complexity index is 557. The van der Waals surface area contributed by atoms with Gasteiger partial charge in [-0.3, -0.25) is 9.59 Å². The zero-order valence-electron chi connectivity index (χ0n) is 15.2. The van der Waals surface area contributed by atoms with Crippen LogP contribution in [0, 0.1) is 0 Å². The van der Waals surface area contributed by atoms with E-state index in [9.17, 15) is 9.59 Å². The van der Waals surface area contributed by atoms with Crippen molar-refractivity contribution >= 4 is 11.7 Å². The van der Waals surface area contributed by atoms with Gasteiger partial charge in [0.05, 0.1) is 6.61 Å². The van der Waals surface area contributed by atoms with Crippen molar-refractivity contribution in [2.24, 2.45) is 5.73 Å². The van der Waals surface area contributed by atoms with Crippen LogP contribution in [0.25, 0.3) is 0 Å². The highest BCUT2D eigenvalue weighted by Crippen LogP contribution is 2.19. The Labute approximate surface area is 150 Å². The lowest BCUT2D eigenvalue weighted by molar-refractivity contribution is -0.131. The Morgan fingerprint density at radius 1 is 1.20 bits per heavy atom. The first-order valence-corrected chi connectivity index (χ1v) is 9.41. The lowest BCUT2D eigenvalue weighted by Crippen LogP contribution is -2.39. The van der Waals surface area contributed by atoms with Crippen molar-refractivity contribution < 1.29 is 14.3 Å². The van der Waals surface area contributed by atoms with Gasteiger partial charge in [0.1, 0.15) is 5.75 Å². The van der Waals surface area contributed by atoms with Crippen molar-refractivity contribution in [2.75, 3.05) is 19.7 Å². The van der Waals surface area contributed by atoms with Gasteiger partial charge in [0.2, 0.25) is 5.91 Å². The summed E-state index contributed by atoms with van der Waals surface area (Å²) in [5.74, 6) is 0.818. The molecule has 2 rings (SSSR count). The third kappa shape index (κ3) is 5.85. The van der Waals surface area contributed by atoms with E-state index in [0.29, 0.717) is 18.7 Å². The zero-order valence-corrected chi connectivity index (χ0v) is 15.2. The minimum absolute atomic E-state index is 0.00521. The number of Topliss-reactive ketones (excluding diaryl/α,β-unsaturated/α-hetero) is 1. The lowest BCUT2D eigenvalue weighted by Gasteiger charge is -2.23. The molecule has 1 fully saturated rings. The van der Waals surface area contributed by atoms with Gasteiger partial charge in [0, 0.05) is 37.5 Å². The fourth-order valence-electron chi connectivity index (χ4n) is 3.20. The smallest absolute Gasteiger partial charge is 0.223 e. The number of likely N-dealkylation sites (tertiary alicyclic amines) is 1. The predicted molar refractivity (Wildman–Crippen MR) is 98.8 cm³/mol. The second-order valence-corrected chi connectivity index (χ2v) is 6.62. The molecule has 1 aromatic rings. The van der Waals surface area contributed by atoms with E-state index in [1.807, 2.05) is 17.0 Å². The number of ketones is 1. The lowest BCUT2D eigenvalue weighted by atomic mass is 10.1. The minimum Gasteiger partial charge on any atom is -0.494 e. The van der Waals surface area contributed by atoms with Crippen molar-refractivity contribution in [1.29, 1.82) is 0 Å². The molecule has 0 aliphatic carbocycles. The first-order chi connectivity index (χ1) is 12.2. The molecule has 5 heteroatoms. The van der Waals surface area contributed by atoms with Crippen LogP contribution >= 0.6 is 0 Å². The van der Waals surface area contributed by atoms with Gasteiger partial charge in [-0.15, -0.1) is 0 Å². The number of hydrogen-bond acceptors (Lipinski definition) is 4. The van der Waals surface area contributed by atoms with E-state index >= 15 is 0 Å². The maximum atomic E-state index is 12.3. The Morgan fingerprint density at radius 2 is 1.96 bits per heavy atom. The molecule has 1 aliphatic heterocycles. The molecule has 0 bridgehead atoms. The summed E-state index contributed by atoms with van der Waals surface area (Å²) in [6.07, 6.45) is 5.83. The van der Waals surface area contributed by atoms with Gasteiger partial charge in [-0.25, -0.2) is 0 Å². The van der Waals surface area contributed by atoms with Crippen LogP contribution in [0.2, 0.25) is 0 Å². The number of ether oxygens (including phenoxy) is 1. The number of nitrogens with two attached hydrogens (primary N) is 1. The number of unbranched alkanes of at least 4 members (excludes halogenated alkanes) is 2. The average molecular weight is 346 g/mol. The molecule has 1 atom stereocenters. The van der Waals surface area contributed by atoms with E-state index in [1.165, 1.54) is 6.42 Å². The summed E-state index contributed by atoms with van der Waals surface area (Å²) in [6.45, 7) is 4.12. The fraction of sp³-hybridized carbons (Fsp3) is 0.600. The summed E-state index contributed by atoms with van der Waals surface area (Å²) in [6, 6.07) is 7.35. The van der Waals surface area contributed by atoms with Gasteiger partial charge in [-0.05, 0) is 43.5 Å². The molecule has 2 N–H and O–H groups in total. The van der Waals surface area contributed by atoms with Crippen LogP contribution in [0.5, 0.6) is 5.75 Å². The molecular formula is C20H30N2O3. The SMILES string of the molecule is CCCCCOc1ccc(C(=O)CCC(=O)N2CCCC2CN)cc1. The van der Waals surface area contributed by atoms with Crippen molar-refractivity contribution in [3.63, 3.8) is 0 Å². The molecular weight excluding hydrogens is 316 g/mol. The quantitative estimate of drug-likeness (QED) is 0.522. The van der Waals surface area contributed by atoms with Crippen LogP contribution in [0.3, 0.4) is 0 Å². The molecule has 5 nitrogen and oxygen atoms in total. The van der Waals surface area contributed by atoms with Crippen molar-refractivity contribution in [3.05, 3.63) is 29.8 Å². The summed E-state index contributed by atoms with van der Waals surface area (Å²) in [4.78, 5) is 26.4. The predicted octanol–water partition coefficient (Wildman–Crippen LogP) is 3.17. The van der Waals surface area contributed by atoms with E-state index in [1.54, 1.807) is 12.1 Å². The molecule has 1 aliphatic rings. The zero-order chi connectivity index (χ0) is 18.1. The molecule has 1 aromatic carbocycles. The van der Waals surface area contributed by atoms with Crippen LogP contribution < -0.4 is 10.5 Å². The van der Waals surface area contributed by atoms with Crippen LogP contribution in [0.4, 0.5) is 0 Å². The standard InChI is InChI=1S/C20H30N2O3/c1-2-3-4-14-25-18-9-7-16(8-10-18)19(23)11-12-20(24)22-13-5-6-17(22)15-21/h7-10,17H,2-6,11-15,21H2,1H3. The van der Waals surface area contributed by atoms with E-state index in [-0.39, 0.29) is 30.6 Å². The highest BCUT2D eigenvalue weighted by molar-refractivity contribution is 5.98. The second kappa shape index (κ2) is 10.2. The van der Waals surface area contributed by atoms with Crippen molar-refractivity contribution in [3.8, 4) is 5.75 Å². The van der Waals surface area contributed by atoms with Crippen LogP contribution in [0.1, 0.15) is 62.2 Å². The maximum absolute atomic E-state index is 12.3. The number of nitrogens with zero attached hydrogens (tertiary/aromatic N) is 1. The normalized spacial score (nSPS) is 16.9. The molecule has 1 saturated heterocycles. The molecule has 138 valence electrons. The van der Waals surface area contributed by atoms with Gasteiger partial charge in [0.25, 0.3) is 0 Å². The second-order valence-electron chi connectivity index (χ2n) is 6.62. The molecule has 0 aromatic heterocycles. The molecule has 0 saturated carbocycles. The largest absolute Gasteiger partial charge is 0.494 e. The van der Waals surface area contributed by atoms with Crippen LogP contribution in [-0.4, -0.2) is 42.3 Å². The van der Waals surface area contributed by atoms with Crippen molar-refractivity contribution in [2.45, 2.75) is 57.9 Å². The summed E-state index contributed by atoms with van der Waals surface area (Å²) in [7, 11) is 0. The van der Waals surface area contributed by atoms with E-state index in [2.05, 4.69) is 6.92 Å². The van der Waals surface area contributed by atoms with Gasteiger partial charge < -0.3 is 15.4 Å². The average Bonchev–Trinajstić information content (AvgIpc) is 3.12. The highest BCUT2D eigenvalue weighted by Gasteiger charge is 2.27. The van der Waals surface area contributed by atoms with Gasteiger partial charge in [0.15, 0.2) is 5.78 Å². The fourth-order valence-corrected chi connectivity index (χ4v) is 3.20. The van der Waals surface area contributed by atoms with Crippen LogP contribution in [-0.2, 0) is 4.79 Å². The van der Waals surface area contributed by atoms with Gasteiger partial charge in [-0.1, -0.05) is 19.8 Å². The number of benzene rings is 1. The van der Waals surface area contributed by atoms with Gasteiger partial charge in [-0.2, -0.15) is 0 Å². The molecule has 0 spiro atoms. The molecule has 25 heavy (non-hydrogen) atoms. The third-order valence-corrected chi connectivity index (χ3v) is 4.73. The number of rotatable bonds is 10. The van der Waals surface area contributed by atoms with Gasteiger partial charge >= 0.3 is 0 Å². The Kier molecular flexibility index (Phi) is 7.92. The monoisotopic (exact) mass is 346 g/mol. The molecule has 1 heterocycles. The van der Waals surface area contributed by atoms with Crippen LogP contribution in [0.15, 0.2) is 24.3 Å². The first kappa shape index (κ1) is 19.4. The third-order valence-electron chi connectivity index (χ3n) is 4.73. The first-order valence-electron chi connectivity index (χ1n) is 9.41.